The summed E-state index contributed by atoms with van der Waals surface area (Å²) in [4.78, 5) is 4.44. The molecule has 1 unspecified atom stereocenters. The smallest absolute Gasteiger partial charge is 0.258 e. The van der Waals surface area contributed by atoms with Gasteiger partial charge in [-0.3, -0.25) is 0 Å². The van der Waals surface area contributed by atoms with Crippen molar-refractivity contribution in [3.8, 4) is 11.5 Å². The van der Waals surface area contributed by atoms with E-state index in [1.807, 2.05) is 49.4 Å². The van der Waals surface area contributed by atoms with Crippen molar-refractivity contribution < 1.29 is 9.26 Å². The fourth-order valence-corrected chi connectivity index (χ4v) is 2.34. The standard InChI is InChI=1S/C16H17N3O2/c1-16(17,10-20-2)15-18-14(21-19-15)13-9-5-7-11-6-3-4-8-12(11)13/h3-9H,10,17H2,1-2H3. The number of nitrogens with zero attached hydrogens (tertiary/aromatic N) is 2. The van der Waals surface area contributed by atoms with Gasteiger partial charge >= 0.3 is 0 Å². The second kappa shape index (κ2) is 5.27. The van der Waals surface area contributed by atoms with Crippen LogP contribution in [0, 0.1) is 0 Å². The summed E-state index contributed by atoms with van der Waals surface area (Å²) in [7, 11) is 1.59. The Morgan fingerprint density at radius 3 is 2.76 bits per heavy atom. The molecule has 21 heavy (non-hydrogen) atoms. The predicted molar refractivity (Wildman–Crippen MR) is 80.7 cm³/mol. The zero-order valence-corrected chi connectivity index (χ0v) is 12.0. The lowest BCUT2D eigenvalue weighted by Crippen LogP contribution is -2.38. The minimum absolute atomic E-state index is 0.321. The molecule has 3 aromatic rings. The van der Waals surface area contributed by atoms with Crippen LogP contribution in [0.4, 0.5) is 0 Å². The lowest BCUT2D eigenvalue weighted by molar-refractivity contribution is 0.135. The monoisotopic (exact) mass is 283 g/mol. The SMILES string of the molecule is COCC(C)(N)c1noc(-c2cccc3ccccc23)n1. The molecule has 0 aliphatic rings. The van der Waals surface area contributed by atoms with Gasteiger partial charge in [0.05, 0.1) is 6.61 Å². The van der Waals surface area contributed by atoms with Crippen LogP contribution in [0.1, 0.15) is 12.7 Å². The van der Waals surface area contributed by atoms with Crippen molar-refractivity contribution in [1.82, 2.24) is 10.1 Å². The van der Waals surface area contributed by atoms with E-state index in [0.717, 1.165) is 16.3 Å². The number of rotatable bonds is 4. The molecule has 0 saturated heterocycles. The summed E-state index contributed by atoms with van der Waals surface area (Å²) in [5.74, 6) is 0.905. The number of hydrogen-bond acceptors (Lipinski definition) is 5. The van der Waals surface area contributed by atoms with Gasteiger partial charge in [0.1, 0.15) is 5.54 Å². The Hall–Kier alpha value is -2.24. The summed E-state index contributed by atoms with van der Waals surface area (Å²) in [6.07, 6.45) is 0. The summed E-state index contributed by atoms with van der Waals surface area (Å²) in [6.45, 7) is 2.13. The zero-order chi connectivity index (χ0) is 14.9. The van der Waals surface area contributed by atoms with Crippen LogP contribution in [0.2, 0.25) is 0 Å². The number of aromatic nitrogens is 2. The third-order valence-corrected chi connectivity index (χ3v) is 3.40. The second-order valence-electron chi connectivity index (χ2n) is 5.30. The molecule has 0 saturated carbocycles. The van der Waals surface area contributed by atoms with Crippen LogP contribution >= 0.6 is 0 Å². The topological polar surface area (TPSA) is 74.2 Å². The van der Waals surface area contributed by atoms with Crippen LogP contribution in [0.25, 0.3) is 22.2 Å². The highest BCUT2D eigenvalue weighted by atomic mass is 16.5. The third-order valence-electron chi connectivity index (χ3n) is 3.40. The molecule has 2 N–H and O–H groups in total. The van der Waals surface area contributed by atoms with Gasteiger partial charge in [0, 0.05) is 12.7 Å². The molecule has 5 heteroatoms. The average Bonchev–Trinajstić information content (AvgIpc) is 2.97. The first kappa shape index (κ1) is 13.7. The van der Waals surface area contributed by atoms with E-state index in [9.17, 15) is 0 Å². The van der Waals surface area contributed by atoms with E-state index < -0.39 is 5.54 Å². The molecule has 1 atom stereocenters. The molecule has 0 radical (unpaired) electrons. The highest BCUT2D eigenvalue weighted by Gasteiger charge is 2.28. The highest BCUT2D eigenvalue weighted by molar-refractivity contribution is 5.94. The number of benzene rings is 2. The van der Waals surface area contributed by atoms with Gasteiger partial charge in [0.2, 0.25) is 0 Å². The minimum Gasteiger partial charge on any atom is -0.382 e. The molecule has 1 aromatic heterocycles. The number of nitrogens with two attached hydrogens (primary N) is 1. The summed E-state index contributed by atoms with van der Waals surface area (Å²) >= 11 is 0. The van der Waals surface area contributed by atoms with E-state index in [0.29, 0.717) is 18.3 Å². The van der Waals surface area contributed by atoms with Crippen molar-refractivity contribution in [1.29, 1.82) is 0 Å². The van der Waals surface area contributed by atoms with Gasteiger partial charge in [0.15, 0.2) is 5.82 Å². The van der Waals surface area contributed by atoms with E-state index in [-0.39, 0.29) is 0 Å². The molecule has 108 valence electrons. The second-order valence-corrected chi connectivity index (χ2v) is 5.30. The van der Waals surface area contributed by atoms with Crippen LogP contribution in [-0.4, -0.2) is 23.9 Å². The number of fused-ring (bicyclic) bond motifs is 1. The van der Waals surface area contributed by atoms with Crippen molar-refractivity contribution >= 4 is 10.8 Å². The van der Waals surface area contributed by atoms with Gasteiger partial charge in [-0.25, -0.2) is 0 Å². The number of methoxy groups -OCH3 is 1. The van der Waals surface area contributed by atoms with Gasteiger partial charge in [-0.1, -0.05) is 41.6 Å². The van der Waals surface area contributed by atoms with Crippen molar-refractivity contribution in [3.05, 3.63) is 48.3 Å². The summed E-state index contributed by atoms with van der Waals surface area (Å²) in [6, 6.07) is 14.1. The quantitative estimate of drug-likeness (QED) is 0.797. The predicted octanol–water partition coefficient (Wildman–Crippen LogP) is 2.71. The molecule has 0 amide bonds. The van der Waals surface area contributed by atoms with Crippen molar-refractivity contribution in [2.24, 2.45) is 5.73 Å². The van der Waals surface area contributed by atoms with Crippen LogP contribution in [0.3, 0.4) is 0 Å². The van der Waals surface area contributed by atoms with E-state index >= 15 is 0 Å². The zero-order valence-electron chi connectivity index (χ0n) is 12.0. The van der Waals surface area contributed by atoms with Crippen molar-refractivity contribution in [2.75, 3.05) is 13.7 Å². The number of ether oxygens (including phenoxy) is 1. The normalized spacial score (nSPS) is 14.2. The van der Waals surface area contributed by atoms with Gasteiger partial charge in [-0.05, 0) is 23.8 Å². The first-order valence-electron chi connectivity index (χ1n) is 6.72. The largest absolute Gasteiger partial charge is 0.382 e. The minimum atomic E-state index is -0.777. The summed E-state index contributed by atoms with van der Waals surface area (Å²) in [5, 5.41) is 6.20. The molecule has 0 aliphatic carbocycles. The van der Waals surface area contributed by atoms with Crippen LogP contribution in [-0.2, 0) is 10.3 Å². The van der Waals surface area contributed by atoms with E-state index in [4.69, 9.17) is 15.0 Å². The Morgan fingerprint density at radius 2 is 1.95 bits per heavy atom. The van der Waals surface area contributed by atoms with Crippen LogP contribution < -0.4 is 5.73 Å². The third kappa shape index (κ3) is 2.53. The molecular weight excluding hydrogens is 266 g/mol. The molecule has 0 spiro atoms. The Bertz CT molecular complexity index is 760. The van der Waals surface area contributed by atoms with Crippen molar-refractivity contribution in [2.45, 2.75) is 12.5 Å². The van der Waals surface area contributed by atoms with E-state index in [1.165, 1.54) is 0 Å². The van der Waals surface area contributed by atoms with E-state index in [1.54, 1.807) is 7.11 Å². The fourth-order valence-electron chi connectivity index (χ4n) is 2.34. The Balaban J connectivity index is 2.07. The maximum atomic E-state index is 6.14. The highest BCUT2D eigenvalue weighted by Crippen LogP contribution is 2.28. The van der Waals surface area contributed by atoms with Gasteiger partial charge < -0.3 is 15.0 Å². The Kier molecular flexibility index (Phi) is 3.45. The molecule has 0 fully saturated rings. The molecule has 1 heterocycles. The first-order valence-corrected chi connectivity index (χ1v) is 6.72. The molecular formula is C16H17N3O2. The lowest BCUT2D eigenvalue weighted by atomic mass is 10.0. The summed E-state index contributed by atoms with van der Waals surface area (Å²) in [5.41, 5.74) is 6.27. The van der Waals surface area contributed by atoms with Crippen molar-refractivity contribution in [3.63, 3.8) is 0 Å². The maximum Gasteiger partial charge on any atom is 0.258 e. The molecule has 5 nitrogen and oxygen atoms in total. The average molecular weight is 283 g/mol. The van der Waals surface area contributed by atoms with Crippen LogP contribution in [0.5, 0.6) is 0 Å². The summed E-state index contributed by atoms with van der Waals surface area (Å²) < 4.78 is 10.5. The van der Waals surface area contributed by atoms with E-state index in [2.05, 4.69) is 10.1 Å². The molecule has 0 aliphatic heterocycles. The van der Waals surface area contributed by atoms with Crippen LogP contribution in [0.15, 0.2) is 47.0 Å². The fraction of sp³-hybridized carbons (Fsp3) is 0.250. The Morgan fingerprint density at radius 1 is 1.19 bits per heavy atom. The maximum absolute atomic E-state index is 6.14. The number of hydrogen-bond donors (Lipinski definition) is 1. The van der Waals surface area contributed by atoms with Gasteiger partial charge in [0.25, 0.3) is 5.89 Å². The lowest BCUT2D eigenvalue weighted by Gasteiger charge is -2.18. The van der Waals surface area contributed by atoms with Gasteiger partial charge in [-0.2, -0.15) is 4.98 Å². The molecule has 0 bridgehead atoms. The molecule has 2 aromatic carbocycles. The molecule has 3 rings (SSSR count). The first-order chi connectivity index (χ1) is 10.1. The Labute approximate surface area is 122 Å². The van der Waals surface area contributed by atoms with Gasteiger partial charge in [-0.15, -0.1) is 0 Å².